The first-order valence-electron chi connectivity index (χ1n) is 17.8. The van der Waals surface area contributed by atoms with Gasteiger partial charge in [0, 0.05) is 14.7 Å². The van der Waals surface area contributed by atoms with Crippen LogP contribution in [0.2, 0.25) is 0 Å². The first-order valence-corrected chi connectivity index (χ1v) is 20.8. The zero-order valence-corrected chi connectivity index (χ0v) is 32.1. The van der Waals surface area contributed by atoms with Gasteiger partial charge in [-0.3, -0.25) is 0 Å². The number of aryl methyl sites for hydroxylation is 1. The predicted molar refractivity (Wildman–Crippen MR) is 191 cm³/mol. The van der Waals surface area contributed by atoms with E-state index in [0.717, 1.165) is 37.7 Å². The van der Waals surface area contributed by atoms with Crippen LogP contribution < -0.4 is 0 Å². The van der Waals surface area contributed by atoms with Crippen molar-refractivity contribution in [1.82, 2.24) is 0 Å². The number of alkyl halides is 9. The van der Waals surface area contributed by atoms with Gasteiger partial charge in [-0.2, -0.15) is 47.9 Å². The predicted octanol–water partition coefficient (Wildman–Crippen LogP) is 13.8. The van der Waals surface area contributed by atoms with Crippen molar-refractivity contribution in [2.75, 3.05) is 0 Å². The van der Waals surface area contributed by atoms with Crippen LogP contribution in [0.15, 0.2) is 93.5 Å². The summed E-state index contributed by atoms with van der Waals surface area (Å²) in [5.74, 6) is -14.9. The Balaban J connectivity index is 2.03. The van der Waals surface area contributed by atoms with Crippen LogP contribution in [0.5, 0.6) is 0 Å². The van der Waals surface area contributed by atoms with Crippen molar-refractivity contribution >= 4 is 20.4 Å². The van der Waals surface area contributed by atoms with Crippen LogP contribution in [0.1, 0.15) is 109 Å². The van der Waals surface area contributed by atoms with Gasteiger partial charge in [-0.05, 0) is 76.1 Å². The first-order chi connectivity index (χ1) is 24.6. The van der Waals surface area contributed by atoms with E-state index in [1.54, 1.807) is 24.3 Å². The molecule has 3 aromatic rings. The number of rotatable bonds is 20. The number of benzene rings is 3. The second-order valence-corrected chi connectivity index (χ2v) is 18.8. The average molecular weight is 801 g/mol. The van der Waals surface area contributed by atoms with Crippen LogP contribution >= 0.6 is 10.3 Å². The van der Waals surface area contributed by atoms with E-state index in [0.29, 0.717) is 12.0 Å². The lowest BCUT2D eigenvalue weighted by atomic mass is 9.87. The van der Waals surface area contributed by atoms with Crippen LogP contribution in [0, 0.1) is 0 Å². The largest absolute Gasteiger partial charge is 0.460 e. The van der Waals surface area contributed by atoms with E-state index in [9.17, 15) is 39.2 Å². The molecule has 0 saturated carbocycles. The highest BCUT2D eigenvalue weighted by atomic mass is 32.3. The van der Waals surface area contributed by atoms with Gasteiger partial charge in [-0.1, -0.05) is 134 Å². The van der Waals surface area contributed by atoms with Crippen LogP contribution in [-0.2, 0) is 25.6 Å². The second-order valence-electron chi connectivity index (χ2n) is 14.3. The molecule has 0 N–H and O–H groups in total. The minimum absolute atomic E-state index is 0.0971. The SMILES string of the molecule is CCCCCCCCCCCCCc1ccc(S(OS(=O)(=O)C(F)(F)C(F)(F)C(F)(F)C(F)(F)F)(c2ccccc2)c2ccc(C(C)(C)C)cc2)cc1. The topological polar surface area (TPSA) is 43.4 Å². The highest BCUT2D eigenvalue weighted by molar-refractivity contribution is 8.33. The summed E-state index contributed by atoms with van der Waals surface area (Å²) in [5, 5.41) is -7.04. The molecule has 0 aromatic heterocycles. The number of hydrogen-bond donors (Lipinski definition) is 0. The molecular weight excluding hydrogens is 752 g/mol. The summed E-state index contributed by atoms with van der Waals surface area (Å²) in [4.78, 5) is -0.327. The van der Waals surface area contributed by atoms with E-state index in [2.05, 4.69) is 6.92 Å². The number of unbranched alkanes of at least 4 members (excludes halogenated alkanes) is 10. The molecule has 0 saturated heterocycles. The Kier molecular flexibility index (Phi) is 15.0. The monoisotopic (exact) mass is 800 g/mol. The smallest absolute Gasteiger partial charge is 0.202 e. The van der Waals surface area contributed by atoms with Crippen LogP contribution in [0.3, 0.4) is 0 Å². The Morgan fingerprint density at radius 3 is 1.38 bits per heavy atom. The molecule has 0 bridgehead atoms. The molecular formula is C39H49F9O3S2. The van der Waals surface area contributed by atoms with Crippen molar-refractivity contribution in [3.8, 4) is 0 Å². The summed E-state index contributed by atoms with van der Waals surface area (Å²) in [6.45, 7) is 7.76. The van der Waals surface area contributed by atoms with Gasteiger partial charge in [0.15, 0.2) is 0 Å². The normalized spacial score (nSPS) is 15.3. The maximum Gasteiger partial charge on any atom is 0.460 e. The Bertz CT molecular complexity index is 1670. The fourth-order valence-corrected chi connectivity index (χ4v) is 11.0. The molecule has 14 heteroatoms. The molecule has 0 aliphatic rings. The lowest BCUT2D eigenvalue weighted by molar-refractivity contribution is -0.382. The van der Waals surface area contributed by atoms with Crippen molar-refractivity contribution in [3.05, 3.63) is 90.0 Å². The first kappa shape index (κ1) is 44.7. The summed E-state index contributed by atoms with van der Waals surface area (Å²) >= 11 is 0. The maximum absolute atomic E-state index is 15.3. The third kappa shape index (κ3) is 10.1. The summed E-state index contributed by atoms with van der Waals surface area (Å²) in [6.07, 6.45) is 5.86. The van der Waals surface area contributed by atoms with Gasteiger partial charge in [0.2, 0.25) is 0 Å². The van der Waals surface area contributed by atoms with Crippen LogP contribution in [0.25, 0.3) is 0 Å². The van der Waals surface area contributed by atoms with E-state index in [4.69, 9.17) is 3.63 Å². The molecule has 53 heavy (non-hydrogen) atoms. The Morgan fingerprint density at radius 1 is 0.528 bits per heavy atom. The molecule has 0 aliphatic carbocycles. The molecule has 0 aliphatic heterocycles. The van der Waals surface area contributed by atoms with Crippen molar-refractivity contribution in [3.63, 3.8) is 0 Å². The fraction of sp³-hybridized carbons (Fsp3) is 0.538. The zero-order valence-electron chi connectivity index (χ0n) is 30.4. The molecule has 3 aromatic carbocycles. The molecule has 0 heterocycles. The van der Waals surface area contributed by atoms with Crippen molar-refractivity contribution in [2.45, 2.75) is 148 Å². The Morgan fingerprint density at radius 2 is 0.943 bits per heavy atom. The minimum Gasteiger partial charge on any atom is -0.202 e. The van der Waals surface area contributed by atoms with Gasteiger partial charge in [-0.15, -0.1) is 0 Å². The second kappa shape index (κ2) is 17.8. The summed E-state index contributed by atoms with van der Waals surface area (Å²) in [7, 11) is -11.3. The van der Waals surface area contributed by atoms with E-state index in [1.807, 2.05) is 20.8 Å². The fourth-order valence-electron chi connectivity index (χ4n) is 5.82. The van der Waals surface area contributed by atoms with E-state index in [-0.39, 0.29) is 14.7 Å². The molecule has 0 spiro atoms. The van der Waals surface area contributed by atoms with Gasteiger partial charge >= 0.3 is 33.4 Å². The van der Waals surface area contributed by atoms with Crippen molar-refractivity contribution < 1.29 is 51.6 Å². The highest BCUT2D eigenvalue weighted by Crippen LogP contribution is 2.71. The van der Waals surface area contributed by atoms with Crippen LogP contribution in [0.4, 0.5) is 39.5 Å². The molecule has 0 fully saturated rings. The van der Waals surface area contributed by atoms with Gasteiger partial charge in [0.1, 0.15) is 0 Å². The lowest BCUT2D eigenvalue weighted by Gasteiger charge is -2.41. The zero-order chi connectivity index (χ0) is 39.8. The Labute approximate surface area is 309 Å². The molecule has 3 rings (SSSR count). The van der Waals surface area contributed by atoms with Gasteiger partial charge in [0.05, 0.1) is 0 Å². The highest BCUT2D eigenvalue weighted by Gasteiger charge is 2.86. The van der Waals surface area contributed by atoms with Gasteiger partial charge in [-0.25, -0.2) is 3.63 Å². The molecule has 1 unspecified atom stereocenters. The molecule has 0 amide bonds. The van der Waals surface area contributed by atoms with Gasteiger partial charge in [0.25, 0.3) is 0 Å². The Hall–Kier alpha value is -2.71. The third-order valence-corrected chi connectivity index (χ3v) is 14.3. The lowest BCUT2D eigenvalue weighted by Crippen LogP contribution is -2.63. The molecule has 298 valence electrons. The quantitative estimate of drug-likeness (QED) is 0.0844. The molecule has 0 radical (unpaired) electrons. The standard InChI is InChI=1S/C39H49F9O3S2/c1-5-6-7-8-9-10-11-12-13-14-16-19-30-22-26-33(27-23-30)52(32-20-17-15-18-21-32,34-28-24-31(25-29-34)35(2,3)4)51-53(49,50)39(47,48)37(42,43)36(40,41)38(44,45)46/h15,17-18,20-29H,5-14,16,19H2,1-4H3. The molecule has 3 nitrogen and oxygen atoms in total. The maximum atomic E-state index is 15.3. The number of halogens is 9. The summed E-state index contributed by atoms with van der Waals surface area (Å²) < 4.78 is 158. The summed E-state index contributed by atoms with van der Waals surface area (Å²) in [6, 6.07) is 18.6. The van der Waals surface area contributed by atoms with Gasteiger partial charge < -0.3 is 0 Å². The van der Waals surface area contributed by atoms with Crippen LogP contribution in [-0.4, -0.2) is 31.7 Å². The average Bonchev–Trinajstić information content (AvgIpc) is 3.09. The summed E-state index contributed by atoms with van der Waals surface area (Å²) in [5.41, 5.74) is 1.04. The van der Waals surface area contributed by atoms with E-state index < -0.39 is 49.1 Å². The number of hydrogen-bond acceptors (Lipinski definition) is 3. The van der Waals surface area contributed by atoms with Crippen molar-refractivity contribution in [1.29, 1.82) is 0 Å². The van der Waals surface area contributed by atoms with E-state index in [1.165, 1.54) is 93.1 Å². The van der Waals surface area contributed by atoms with Crippen molar-refractivity contribution in [2.24, 2.45) is 0 Å². The third-order valence-electron chi connectivity index (χ3n) is 9.07. The van der Waals surface area contributed by atoms with E-state index >= 15 is 8.78 Å². The minimum atomic E-state index is -7.45. The molecule has 1 atom stereocenters.